The van der Waals surface area contributed by atoms with Crippen molar-refractivity contribution < 1.29 is 14.2 Å². The number of unbranched alkanes of at least 4 members (excludes halogenated alkanes) is 2. The van der Waals surface area contributed by atoms with Crippen LogP contribution < -0.4 is 0 Å². The third-order valence-corrected chi connectivity index (χ3v) is 2.18. The minimum absolute atomic E-state index is 0.399. The van der Waals surface area contributed by atoms with Crippen LogP contribution in [0.3, 0.4) is 0 Å². The maximum atomic E-state index is 5.43. The van der Waals surface area contributed by atoms with Crippen LogP contribution in [0.15, 0.2) is 0 Å². The van der Waals surface area contributed by atoms with E-state index in [1.807, 2.05) is 0 Å². The molecule has 14 heavy (non-hydrogen) atoms. The van der Waals surface area contributed by atoms with E-state index < -0.39 is 0 Å². The van der Waals surface area contributed by atoms with Gasteiger partial charge >= 0.3 is 0 Å². The summed E-state index contributed by atoms with van der Waals surface area (Å²) in [5, 5.41) is 0. The van der Waals surface area contributed by atoms with Gasteiger partial charge in [-0.15, -0.1) is 0 Å². The summed E-state index contributed by atoms with van der Waals surface area (Å²) in [6.45, 7) is 6.47. The zero-order chi connectivity index (χ0) is 10.1. The van der Waals surface area contributed by atoms with Gasteiger partial charge in [-0.1, -0.05) is 13.3 Å². The lowest BCUT2D eigenvalue weighted by Gasteiger charge is -2.03. The Balaban J connectivity index is 1.63. The van der Waals surface area contributed by atoms with Crippen LogP contribution in [-0.4, -0.2) is 39.1 Å². The third-order valence-electron chi connectivity index (χ3n) is 2.18. The Morgan fingerprint density at radius 2 is 1.71 bits per heavy atom. The molecule has 3 heteroatoms. The number of hydrogen-bond acceptors (Lipinski definition) is 3. The summed E-state index contributed by atoms with van der Waals surface area (Å²) < 4.78 is 15.9. The molecule has 0 spiro atoms. The van der Waals surface area contributed by atoms with Crippen LogP contribution in [0.5, 0.6) is 0 Å². The summed E-state index contributed by atoms with van der Waals surface area (Å²) in [6.07, 6.45) is 4.99. The normalized spacial score (nSPS) is 19.9. The summed E-state index contributed by atoms with van der Waals surface area (Å²) in [7, 11) is 0. The van der Waals surface area contributed by atoms with Crippen LogP contribution >= 0.6 is 0 Å². The fraction of sp³-hybridized carbons (Fsp3) is 1.00. The van der Waals surface area contributed by atoms with Crippen molar-refractivity contribution in [1.29, 1.82) is 0 Å². The smallest absolute Gasteiger partial charge is 0.104 e. The standard InChI is InChI=1S/C11H22O3/c1-2-3-6-12-7-4-5-8-13-9-11-10-14-11/h11H,2-10H2,1H3. The molecule has 84 valence electrons. The number of rotatable bonds is 10. The minimum atomic E-state index is 0.399. The van der Waals surface area contributed by atoms with Crippen LogP contribution in [0.1, 0.15) is 32.6 Å². The van der Waals surface area contributed by atoms with E-state index in [0.717, 1.165) is 45.9 Å². The SMILES string of the molecule is CCCCOCCCCOCC1CO1. The van der Waals surface area contributed by atoms with Crippen LogP contribution in [0.4, 0.5) is 0 Å². The Kier molecular flexibility index (Phi) is 7.01. The fourth-order valence-corrected chi connectivity index (χ4v) is 1.14. The highest BCUT2D eigenvalue weighted by atomic mass is 16.6. The Morgan fingerprint density at radius 1 is 1.07 bits per heavy atom. The monoisotopic (exact) mass is 202 g/mol. The molecule has 0 aliphatic carbocycles. The second-order valence-electron chi connectivity index (χ2n) is 3.70. The molecule has 1 saturated heterocycles. The molecule has 0 saturated carbocycles. The van der Waals surface area contributed by atoms with Crippen molar-refractivity contribution >= 4 is 0 Å². The highest BCUT2D eigenvalue weighted by Gasteiger charge is 2.21. The second kappa shape index (κ2) is 8.21. The summed E-state index contributed by atoms with van der Waals surface area (Å²) in [4.78, 5) is 0. The molecule has 0 N–H and O–H groups in total. The lowest BCUT2D eigenvalue weighted by Crippen LogP contribution is -2.04. The first kappa shape index (κ1) is 12.0. The van der Waals surface area contributed by atoms with Gasteiger partial charge in [-0.05, 0) is 19.3 Å². The lowest BCUT2D eigenvalue weighted by atomic mass is 10.3. The molecule has 1 unspecified atom stereocenters. The van der Waals surface area contributed by atoms with Gasteiger partial charge in [0.2, 0.25) is 0 Å². The van der Waals surface area contributed by atoms with Gasteiger partial charge in [0.25, 0.3) is 0 Å². The van der Waals surface area contributed by atoms with E-state index in [-0.39, 0.29) is 0 Å². The summed E-state index contributed by atoms with van der Waals surface area (Å²) in [6, 6.07) is 0. The van der Waals surface area contributed by atoms with E-state index in [0.29, 0.717) is 6.10 Å². The quantitative estimate of drug-likeness (QED) is 0.401. The number of hydrogen-bond donors (Lipinski definition) is 0. The van der Waals surface area contributed by atoms with E-state index in [2.05, 4.69) is 6.92 Å². The maximum Gasteiger partial charge on any atom is 0.104 e. The average molecular weight is 202 g/mol. The number of ether oxygens (including phenoxy) is 3. The van der Waals surface area contributed by atoms with E-state index in [1.165, 1.54) is 12.8 Å². The topological polar surface area (TPSA) is 31.0 Å². The lowest BCUT2D eigenvalue weighted by molar-refractivity contribution is 0.0936. The first-order valence-corrected chi connectivity index (χ1v) is 5.70. The zero-order valence-electron chi connectivity index (χ0n) is 9.17. The van der Waals surface area contributed by atoms with Gasteiger partial charge in [0.1, 0.15) is 6.10 Å². The molecule has 3 nitrogen and oxygen atoms in total. The van der Waals surface area contributed by atoms with E-state index in [1.54, 1.807) is 0 Å². The van der Waals surface area contributed by atoms with Gasteiger partial charge in [-0.2, -0.15) is 0 Å². The van der Waals surface area contributed by atoms with E-state index in [4.69, 9.17) is 14.2 Å². The molecule has 1 aliphatic rings. The van der Waals surface area contributed by atoms with E-state index in [9.17, 15) is 0 Å². The molecular formula is C11H22O3. The largest absolute Gasteiger partial charge is 0.381 e. The molecular weight excluding hydrogens is 180 g/mol. The predicted octanol–water partition coefficient (Wildman–Crippen LogP) is 2.00. The van der Waals surface area contributed by atoms with Gasteiger partial charge in [0.05, 0.1) is 13.2 Å². The van der Waals surface area contributed by atoms with Crippen molar-refractivity contribution in [2.45, 2.75) is 38.7 Å². The van der Waals surface area contributed by atoms with Crippen molar-refractivity contribution in [2.75, 3.05) is 33.0 Å². The average Bonchev–Trinajstić information content (AvgIpc) is 2.99. The van der Waals surface area contributed by atoms with Crippen LogP contribution in [0.2, 0.25) is 0 Å². The molecule has 1 rings (SSSR count). The maximum absolute atomic E-state index is 5.43. The molecule has 0 aromatic carbocycles. The second-order valence-corrected chi connectivity index (χ2v) is 3.70. The van der Waals surface area contributed by atoms with Crippen LogP contribution in [-0.2, 0) is 14.2 Å². The van der Waals surface area contributed by atoms with E-state index >= 15 is 0 Å². The Hall–Kier alpha value is -0.120. The van der Waals surface area contributed by atoms with Gasteiger partial charge in [-0.3, -0.25) is 0 Å². The van der Waals surface area contributed by atoms with Crippen LogP contribution in [0.25, 0.3) is 0 Å². The Bertz CT molecular complexity index is 124. The van der Waals surface area contributed by atoms with Gasteiger partial charge in [-0.25, -0.2) is 0 Å². The first-order chi connectivity index (χ1) is 6.93. The summed E-state index contributed by atoms with van der Waals surface area (Å²) in [5.74, 6) is 0. The Morgan fingerprint density at radius 3 is 2.36 bits per heavy atom. The molecule has 0 aromatic rings. The molecule has 0 aromatic heterocycles. The van der Waals surface area contributed by atoms with Crippen molar-refractivity contribution in [1.82, 2.24) is 0 Å². The van der Waals surface area contributed by atoms with Crippen LogP contribution in [0, 0.1) is 0 Å². The predicted molar refractivity (Wildman–Crippen MR) is 55.5 cm³/mol. The van der Waals surface area contributed by atoms with Crippen molar-refractivity contribution in [3.05, 3.63) is 0 Å². The third kappa shape index (κ3) is 7.30. The molecule has 1 heterocycles. The fourth-order valence-electron chi connectivity index (χ4n) is 1.14. The minimum Gasteiger partial charge on any atom is -0.381 e. The molecule has 1 atom stereocenters. The molecule has 1 aliphatic heterocycles. The number of epoxide rings is 1. The van der Waals surface area contributed by atoms with Crippen molar-refractivity contribution in [2.24, 2.45) is 0 Å². The van der Waals surface area contributed by atoms with Gasteiger partial charge in [0, 0.05) is 19.8 Å². The zero-order valence-corrected chi connectivity index (χ0v) is 9.17. The molecule has 0 radical (unpaired) electrons. The highest BCUT2D eigenvalue weighted by Crippen LogP contribution is 2.08. The van der Waals surface area contributed by atoms with Gasteiger partial charge < -0.3 is 14.2 Å². The highest BCUT2D eigenvalue weighted by molar-refractivity contribution is 4.66. The van der Waals surface area contributed by atoms with Gasteiger partial charge in [0.15, 0.2) is 0 Å². The first-order valence-electron chi connectivity index (χ1n) is 5.70. The molecule has 0 amide bonds. The molecule has 0 bridgehead atoms. The summed E-state index contributed by atoms with van der Waals surface area (Å²) >= 11 is 0. The Labute approximate surface area is 86.7 Å². The molecule has 1 fully saturated rings. The van der Waals surface area contributed by atoms with Crippen molar-refractivity contribution in [3.8, 4) is 0 Å². The van der Waals surface area contributed by atoms with Crippen molar-refractivity contribution in [3.63, 3.8) is 0 Å². The summed E-state index contributed by atoms with van der Waals surface area (Å²) in [5.41, 5.74) is 0.